The van der Waals surface area contributed by atoms with E-state index in [1.807, 2.05) is 52.0 Å². The van der Waals surface area contributed by atoms with E-state index in [0.29, 0.717) is 17.1 Å². The first-order chi connectivity index (χ1) is 15.0. The second-order valence-electron chi connectivity index (χ2n) is 7.95. The highest BCUT2D eigenvalue weighted by atomic mass is 32.2. The second kappa shape index (κ2) is 9.44. The third-order valence-electron chi connectivity index (χ3n) is 5.21. The topological polar surface area (TPSA) is 84.5 Å². The van der Waals surface area contributed by atoms with Crippen LogP contribution in [0.5, 0.6) is 5.75 Å². The lowest BCUT2D eigenvalue weighted by atomic mass is 10.1. The van der Waals surface area contributed by atoms with E-state index >= 15 is 0 Å². The number of aryl methyl sites for hydroxylation is 4. The van der Waals surface area contributed by atoms with Crippen molar-refractivity contribution in [3.63, 3.8) is 0 Å². The number of amides is 1. The summed E-state index contributed by atoms with van der Waals surface area (Å²) < 4.78 is 33.8. The average molecular weight is 453 g/mol. The fourth-order valence-electron chi connectivity index (χ4n) is 3.06. The van der Waals surface area contributed by atoms with E-state index in [1.165, 1.54) is 12.1 Å². The first-order valence-corrected chi connectivity index (χ1v) is 11.8. The van der Waals surface area contributed by atoms with Gasteiger partial charge in [0.05, 0.1) is 4.90 Å². The Morgan fingerprint density at radius 2 is 1.44 bits per heavy atom. The summed E-state index contributed by atoms with van der Waals surface area (Å²) in [6.45, 7) is 9.44. The molecule has 2 N–H and O–H groups in total. The van der Waals surface area contributed by atoms with Gasteiger partial charge in [0.25, 0.3) is 15.9 Å². The lowest BCUT2D eigenvalue weighted by Crippen LogP contribution is -2.30. The number of hydrogen-bond donors (Lipinski definition) is 2. The normalized spacial score (nSPS) is 12.2. The van der Waals surface area contributed by atoms with Gasteiger partial charge in [-0.25, -0.2) is 8.42 Å². The SMILES string of the molecule is Cc1ccc(C)c(OC(C)C(=O)Nc2ccc(S(=O)(=O)Nc3ccc(C)c(C)c3)cc2)c1. The van der Waals surface area contributed by atoms with Crippen LogP contribution in [0, 0.1) is 27.7 Å². The lowest BCUT2D eigenvalue weighted by Gasteiger charge is -2.17. The van der Waals surface area contributed by atoms with E-state index < -0.39 is 16.1 Å². The Kier molecular flexibility index (Phi) is 6.89. The van der Waals surface area contributed by atoms with Gasteiger partial charge in [0.2, 0.25) is 0 Å². The average Bonchev–Trinajstić information content (AvgIpc) is 2.73. The van der Waals surface area contributed by atoms with Crippen molar-refractivity contribution in [2.24, 2.45) is 0 Å². The molecule has 3 rings (SSSR count). The summed E-state index contributed by atoms with van der Waals surface area (Å²) in [5.41, 5.74) is 5.06. The molecule has 168 valence electrons. The zero-order valence-electron chi connectivity index (χ0n) is 18.9. The molecule has 0 aliphatic rings. The van der Waals surface area contributed by atoms with Crippen LogP contribution < -0.4 is 14.8 Å². The van der Waals surface area contributed by atoms with Gasteiger partial charge in [-0.3, -0.25) is 9.52 Å². The van der Waals surface area contributed by atoms with Gasteiger partial charge in [-0.1, -0.05) is 18.2 Å². The van der Waals surface area contributed by atoms with Crippen LogP contribution in [0.2, 0.25) is 0 Å². The minimum atomic E-state index is -3.74. The maximum absolute atomic E-state index is 12.7. The van der Waals surface area contributed by atoms with E-state index in [4.69, 9.17) is 4.74 Å². The molecule has 0 saturated heterocycles. The van der Waals surface area contributed by atoms with Gasteiger partial charge in [-0.2, -0.15) is 0 Å². The summed E-state index contributed by atoms with van der Waals surface area (Å²) in [5.74, 6) is 0.335. The molecule has 3 aromatic rings. The van der Waals surface area contributed by atoms with Crippen molar-refractivity contribution in [1.29, 1.82) is 0 Å². The molecule has 0 bridgehead atoms. The van der Waals surface area contributed by atoms with Crippen LogP contribution in [-0.4, -0.2) is 20.4 Å². The molecule has 1 amide bonds. The number of rotatable bonds is 7. The highest BCUT2D eigenvalue weighted by Crippen LogP contribution is 2.22. The van der Waals surface area contributed by atoms with Gasteiger partial charge >= 0.3 is 0 Å². The lowest BCUT2D eigenvalue weighted by molar-refractivity contribution is -0.122. The maximum atomic E-state index is 12.7. The van der Waals surface area contributed by atoms with Crippen molar-refractivity contribution in [1.82, 2.24) is 0 Å². The summed E-state index contributed by atoms with van der Waals surface area (Å²) in [7, 11) is -3.74. The summed E-state index contributed by atoms with van der Waals surface area (Å²) in [4.78, 5) is 12.6. The Hall–Kier alpha value is -3.32. The van der Waals surface area contributed by atoms with Crippen LogP contribution >= 0.6 is 0 Å². The van der Waals surface area contributed by atoms with Crippen LogP contribution in [0.1, 0.15) is 29.2 Å². The molecule has 7 heteroatoms. The fraction of sp³-hybridized carbons (Fsp3) is 0.240. The van der Waals surface area contributed by atoms with Crippen LogP contribution in [0.25, 0.3) is 0 Å². The Labute approximate surface area is 189 Å². The third kappa shape index (κ3) is 5.68. The predicted octanol–water partition coefficient (Wildman–Crippen LogP) is 5.13. The number of carbonyl (C=O) groups is 1. The summed E-state index contributed by atoms with van der Waals surface area (Å²) in [6.07, 6.45) is -0.717. The van der Waals surface area contributed by atoms with Gasteiger partial charge in [0.15, 0.2) is 6.10 Å². The number of hydrogen-bond acceptors (Lipinski definition) is 4. The molecule has 0 radical (unpaired) electrons. The van der Waals surface area contributed by atoms with E-state index in [-0.39, 0.29) is 10.8 Å². The molecule has 0 aliphatic carbocycles. The van der Waals surface area contributed by atoms with Gasteiger partial charge < -0.3 is 10.1 Å². The maximum Gasteiger partial charge on any atom is 0.265 e. The molecule has 0 fully saturated rings. The molecule has 0 heterocycles. The quantitative estimate of drug-likeness (QED) is 0.521. The molecule has 6 nitrogen and oxygen atoms in total. The van der Waals surface area contributed by atoms with Crippen molar-refractivity contribution in [3.05, 3.63) is 82.9 Å². The molecule has 3 aromatic carbocycles. The first-order valence-electron chi connectivity index (χ1n) is 10.3. The Bertz CT molecular complexity index is 1240. The van der Waals surface area contributed by atoms with Gasteiger partial charge in [-0.05, 0) is 99.3 Å². The monoisotopic (exact) mass is 452 g/mol. The van der Waals surface area contributed by atoms with Crippen molar-refractivity contribution in [3.8, 4) is 5.75 Å². The predicted molar refractivity (Wildman–Crippen MR) is 128 cm³/mol. The molecule has 0 aliphatic heterocycles. The van der Waals surface area contributed by atoms with Gasteiger partial charge in [0, 0.05) is 11.4 Å². The number of ether oxygens (including phenoxy) is 1. The minimum Gasteiger partial charge on any atom is -0.481 e. The van der Waals surface area contributed by atoms with Crippen molar-refractivity contribution in [2.45, 2.75) is 45.6 Å². The highest BCUT2D eigenvalue weighted by Gasteiger charge is 2.18. The van der Waals surface area contributed by atoms with Crippen molar-refractivity contribution in [2.75, 3.05) is 10.0 Å². The number of carbonyl (C=O) groups excluding carboxylic acids is 1. The van der Waals surface area contributed by atoms with Crippen LogP contribution in [-0.2, 0) is 14.8 Å². The number of sulfonamides is 1. The number of nitrogens with one attached hydrogen (secondary N) is 2. The van der Waals surface area contributed by atoms with Gasteiger partial charge in [0.1, 0.15) is 5.75 Å². The fourth-order valence-corrected chi connectivity index (χ4v) is 4.11. The Balaban J connectivity index is 1.66. The standard InChI is InChI=1S/C25H28N2O4S/c1-16-6-7-18(3)24(14-16)31-20(5)25(28)26-21-10-12-23(13-11-21)32(29,30)27-22-9-8-17(2)19(4)15-22/h6-15,20,27H,1-5H3,(H,26,28). The second-order valence-corrected chi connectivity index (χ2v) is 9.63. The summed E-state index contributed by atoms with van der Waals surface area (Å²) >= 11 is 0. The zero-order chi connectivity index (χ0) is 23.5. The summed E-state index contributed by atoms with van der Waals surface area (Å²) in [5, 5.41) is 2.76. The minimum absolute atomic E-state index is 0.105. The van der Waals surface area contributed by atoms with Crippen molar-refractivity contribution < 1.29 is 17.9 Å². The molecular formula is C25H28N2O4S. The Morgan fingerprint density at radius 1 is 0.812 bits per heavy atom. The first kappa shape index (κ1) is 23.3. The largest absolute Gasteiger partial charge is 0.481 e. The molecule has 1 unspecified atom stereocenters. The van der Waals surface area contributed by atoms with E-state index in [1.54, 1.807) is 31.2 Å². The smallest absolute Gasteiger partial charge is 0.265 e. The highest BCUT2D eigenvalue weighted by molar-refractivity contribution is 7.92. The number of benzene rings is 3. The van der Waals surface area contributed by atoms with Crippen molar-refractivity contribution >= 4 is 27.3 Å². The molecule has 0 aromatic heterocycles. The zero-order valence-corrected chi connectivity index (χ0v) is 19.7. The summed E-state index contributed by atoms with van der Waals surface area (Å²) in [6, 6.07) is 17.2. The van der Waals surface area contributed by atoms with Crippen LogP contribution in [0.4, 0.5) is 11.4 Å². The van der Waals surface area contributed by atoms with E-state index in [0.717, 1.165) is 22.3 Å². The molecule has 0 saturated carbocycles. The molecule has 1 atom stereocenters. The van der Waals surface area contributed by atoms with Crippen LogP contribution in [0.3, 0.4) is 0 Å². The van der Waals surface area contributed by atoms with Gasteiger partial charge in [-0.15, -0.1) is 0 Å². The third-order valence-corrected chi connectivity index (χ3v) is 6.61. The molecule has 32 heavy (non-hydrogen) atoms. The van der Waals surface area contributed by atoms with E-state index in [9.17, 15) is 13.2 Å². The molecule has 0 spiro atoms. The molecular weight excluding hydrogens is 424 g/mol. The van der Waals surface area contributed by atoms with Crippen LogP contribution in [0.15, 0.2) is 65.6 Å². The van der Waals surface area contributed by atoms with E-state index in [2.05, 4.69) is 10.0 Å². The Morgan fingerprint density at radius 3 is 2.09 bits per heavy atom. The number of anilines is 2.